The molecule has 20 heavy (non-hydrogen) atoms. The van der Waals surface area contributed by atoms with Crippen LogP contribution in [-0.2, 0) is 4.79 Å². The van der Waals surface area contributed by atoms with Crippen molar-refractivity contribution in [2.24, 2.45) is 11.1 Å². The van der Waals surface area contributed by atoms with Gasteiger partial charge in [0.25, 0.3) is 0 Å². The average Bonchev–Trinajstić information content (AvgIpc) is 2.96. The summed E-state index contributed by atoms with van der Waals surface area (Å²) in [6.45, 7) is 1.78. The van der Waals surface area contributed by atoms with E-state index in [0.29, 0.717) is 5.41 Å². The van der Waals surface area contributed by atoms with Gasteiger partial charge in [0.1, 0.15) is 6.04 Å². The standard InChI is InChI=1S/C17H24N2O/c18-15(14-6-2-1-3-7-14)16(20)19-12-10-17(11-13-19)8-4-5-9-17/h1-3,6-7,15H,4-5,8-13,18H2/t15-/m0/s1. The smallest absolute Gasteiger partial charge is 0.244 e. The largest absolute Gasteiger partial charge is 0.341 e. The van der Waals surface area contributed by atoms with Crippen LogP contribution in [-0.4, -0.2) is 23.9 Å². The minimum Gasteiger partial charge on any atom is -0.341 e. The third-order valence-electron chi connectivity index (χ3n) is 5.22. The number of hydrogen-bond donors (Lipinski definition) is 1. The molecule has 3 rings (SSSR count). The highest BCUT2D eigenvalue weighted by molar-refractivity contribution is 5.83. The van der Waals surface area contributed by atoms with Crippen LogP contribution in [0.4, 0.5) is 0 Å². The van der Waals surface area contributed by atoms with Crippen LogP contribution in [0, 0.1) is 5.41 Å². The van der Waals surface area contributed by atoms with Crippen molar-refractivity contribution in [3.8, 4) is 0 Å². The molecule has 1 heterocycles. The predicted octanol–water partition coefficient (Wildman–Crippen LogP) is 2.87. The molecule has 2 N–H and O–H groups in total. The second-order valence-corrected chi connectivity index (χ2v) is 6.42. The number of amides is 1. The maximum absolute atomic E-state index is 12.5. The first-order valence-electron chi connectivity index (χ1n) is 7.80. The van der Waals surface area contributed by atoms with Crippen molar-refractivity contribution in [3.05, 3.63) is 35.9 Å². The fraction of sp³-hybridized carbons (Fsp3) is 0.588. The molecule has 0 unspecified atom stereocenters. The van der Waals surface area contributed by atoms with Crippen molar-refractivity contribution in [2.45, 2.75) is 44.6 Å². The third kappa shape index (κ3) is 2.59. The third-order valence-corrected chi connectivity index (χ3v) is 5.22. The van der Waals surface area contributed by atoms with Gasteiger partial charge in [-0.25, -0.2) is 0 Å². The number of hydrogen-bond acceptors (Lipinski definition) is 2. The minimum absolute atomic E-state index is 0.0871. The topological polar surface area (TPSA) is 46.3 Å². The summed E-state index contributed by atoms with van der Waals surface area (Å²) in [5.41, 5.74) is 7.59. The summed E-state index contributed by atoms with van der Waals surface area (Å²) in [7, 11) is 0. The zero-order valence-corrected chi connectivity index (χ0v) is 12.1. The number of likely N-dealkylation sites (tertiary alicyclic amines) is 1. The predicted molar refractivity (Wildman–Crippen MR) is 80.1 cm³/mol. The van der Waals surface area contributed by atoms with Crippen LogP contribution in [0.2, 0.25) is 0 Å². The quantitative estimate of drug-likeness (QED) is 0.900. The van der Waals surface area contributed by atoms with Crippen molar-refractivity contribution in [2.75, 3.05) is 13.1 Å². The lowest BCUT2D eigenvalue weighted by atomic mass is 9.77. The molecule has 2 fully saturated rings. The average molecular weight is 272 g/mol. The lowest BCUT2D eigenvalue weighted by Crippen LogP contribution is -2.45. The highest BCUT2D eigenvalue weighted by Gasteiger charge is 2.38. The summed E-state index contributed by atoms with van der Waals surface area (Å²) in [6.07, 6.45) is 7.80. The number of nitrogens with zero attached hydrogens (tertiary/aromatic N) is 1. The highest BCUT2D eigenvalue weighted by Crippen LogP contribution is 2.46. The Balaban J connectivity index is 1.61. The molecule has 1 atom stereocenters. The van der Waals surface area contributed by atoms with Gasteiger partial charge in [-0.15, -0.1) is 0 Å². The Hall–Kier alpha value is -1.35. The van der Waals surface area contributed by atoms with Gasteiger partial charge in [0, 0.05) is 13.1 Å². The van der Waals surface area contributed by atoms with E-state index >= 15 is 0 Å². The number of benzene rings is 1. The van der Waals surface area contributed by atoms with Crippen LogP contribution in [0.15, 0.2) is 30.3 Å². The molecule has 1 aliphatic carbocycles. The van der Waals surface area contributed by atoms with E-state index in [1.54, 1.807) is 0 Å². The molecule has 0 aromatic heterocycles. The molecule has 108 valence electrons. The molecule has 1 spiro atoms. The maximum Gasteiger partial charge on any atom is 0.244 e. The number of carbonyl (C=O) groups is 1. The van der Waals surface area contributed by atoms with Gasteiger partial charge in [0.15, 0.2) is 0 Å². The Morgan fingerprint density at radius 2 is 1.65 bits per heavy atom. The van der Waals surface area contributed by atoms with Crippen LogP contribution < -0.4 is 5.73 Å². The number of piperidine rings is 1. The Morgan fingerprint density at radius 3 is 2.25 bits per heavy atom. The molecular formula is C17H24N2O. The van der Waals surface area contributed by atoms with E-state index in [4.69, 9.17) is 5.73 Å². The molecule has 1 amide bonds. The second kappa shape index (κ2) is 5.57. The van der Waals surface area contributed by atoms with Crippen LogP contribution >= 0.6 is 0 Å². The van der Waals surface area contributed by atoms with Gasteiger partial charge in [0.05, 0.1) is 0 Å². The zero-order chi connectivity index (χ0) is 14.0. The number of rotatable bonds is 2. The van der Waals surface area contributed by atoms with Crippen LogP contribution in [0.3, 0.4) is 0 Å². The van der Waals surface area contributed by atoms with Crippen LogP contribution in [0.25, 0.3) is 0 Å². The number of nitrogens with two attached hydrogens (primary N) is 1. The van der Waals surface area contributed by atoms with Gasteiger partial charge in [0.2, 0.25) is 5.91 Å². The van der Waals surface area contributed by atoms with Crippen molar-refractivity contribution in [3.63, 3.8) is 0 Å². The van der Waals surface area contributed by atoms with Crippen molar-refractivity contribution in [1.29, 1.82) is 0 Å². The maximum atomic E-state index is 12.5. The van der Waals surface area contributed by atoms with Crippen molar-refractivity contribution in [1.82, 2.24) is 4.90 Å². The molecule has 0 radical (unpaired) electrons. The summed E-state index contributed by atoms with van der Waals surface area (Å²) >= 11 is 0. The molecule has 1 aliphatic heterocycles. The molecule has 1 aromatic carbocycles. The van der Waals surface area contributed by atoms with Crippen LogP contribution in [0.5, 0.6) is 0 Å². The molecule has 1 aromatic rings. The zero-order valence-electron chi connectivity index (χ0n) is 12.1. The fourth-order valence-electron chi connectivity index (χ4n) is 3.83. The van der Waals surface area contributed by atoms with Gasteiger partial charge >= 0.3 is 0 Å². The van der Waals surface area contributed by atoms with E-state index in [0.717, 1.165) is 18.7 Å². The van der Waals surface area contributed by atoms with Gasteiger partial charge in [-0.2, -0.15) is 0 Å². The molecule has 1 saturated heterocycles. The van der Waals surface area contributed by atoms with E-state index in [1.807, 2.05) is 35.2 Å². The van der Waals surface area contributed by atoms with Gasteiger partial charge in [-0.3, -0.25) is 4.79 Å². The van der Waals surface area contributed by atoms with E-state index in [9.17, 15) is 4.79 Å². The molecule has 3 heteroatoms. The Kier molecular flexibility index (Phi) is 3.79. The molecule has 2 aliphatic rings. The first-order chi connectivity index (χ1) is 9.70. The van der Waals surface area contributed by atoms with E-state index < -0.39 is 6.04 Å². The van der Waals surface area contributed by atoms with Gasteiger partial charge in [-0.05, 0) is 36.7 Å². The molecule has 3 nitrogen and oxygen atoms in total. The van der Waals surface area contributed by atoms with E-state index in [1.165, 1.54) is 38.5 Å². The van der Waals surface area contributed by atoms with Gasteiger partial charge in [-0.1, -0.05) is 43.2 Å². The molecule has 0 bridgehead atoms. The Labute approximate surface area is 121 Å². The summed E-state index contributed by atoms with van der Waals surface area (Å²) < 4.78 is 0. The van der Waals surface area contributed by atoms with E-state index in [-0.39, 0.29) is 5.91 Å². The summed E-state index contributed by atoms with van der Waals surface area (Å²) in [6, 6.07) is 9.19. The Morgan fingerprint density at radius 1 is 1.05 bits per heavy atom. The highest BCUT2D eigenvalue weighted by atomic mass is 16.2. The van der Waals surface area contributed by atoms with Gasteiger partial charge < -0.3 is 10.6 Å². The summed E-state index contributed by atoms with van der Waals surface area (Å²) in [5.74, 6) is 0.0871. The summed E-state index contributed by atoms with van der Waals surface area (Å²) in [5, 5.41) is 0. The molecular weight excluding hydrogens is 248 g/mol. The fourth-order valence-corrected chi connectivity index (χ4v) is 3.83. The summed E-state index contributed by atoms with van der Waals surface area (Å²) in [4.78, 5) is 14.5. The second-order valence-electron chi connectivity index (χ2n) is 6.42. The lowest BCUT2D eigenvalue weighted by Gasteiger charge is -2.40. The van der Waals surface area contributed by atoms with Crippen molar-refractivity contribution >= 4 is 5.91 Å². The lowest BCUT2D eigenvalue weighted by molar-refractivity contribution is -0.135. The van der Waals surface area contributed by atoms with Crippen LogP contribution in [0.1, 0.15) is 50.1 Å². The first-order valence-corrected chi connectivity index (χ1v) is 7.80. The normalized spacial score (nSPS) is 22.9. The van der Waals surface area contributed by atoms with Crippen molar-refractivity contribution < 1.29 is 4.79 Å². The monoisotopic (exact) mass is 272 g/mol. The Bertz CT molecular complexity index is 455. The minimum atomic E-state index is -0.506. The number of carbonyl (C=O) groups excluding carboxylic acids is 1. The SMILES string of the molecule is N[C@H](C(=O)N1CCC2(CCCC2)CC1)c1ccccc1. The first kappa shape index (κ1) is 13.6. The molecule has 1 saturated carbocycles. The van der Waals surface area contributed by atoms with E-state index in [2.05, 4.69) is 0 Å².